The lowest BCUT2D eigenvalue weighted by atomic mass is 10.1. The molecule has 23 heavy (non-hydrogen) atoms. The van der Waals surface area contributed by atoms with Crippen molar-refractivity contribution in [2.75, 3.05) is 13.1 Å². The van der Waals surface area contributed by atoms with Gasteiger partial charge in [0.2, 0.25) is 0 Å². The summed E-state index contributed by atoms with van der Waals surface area (Å²) in [7, 11) is 0. The highest BCUT2D eigenvalue weighted by Crippen LogP contribution is 2.27. The highest BCUT2D eigenvalue weighted by molar-refractivity contribution is 7.12. The molecule has 0 unspecified atom stereocenters. The maximum Gasteiger partial charge on any atom is 0.266 e. The first-order valence-corrected chi connectivity index (χ1v) is 8.70. The molecule has 0 saturated carbocycles. The van der Waals surface area contributed by atoms with Crippen LogP contribution in [0.25, 0.3) is 5.69 Å². The molecule has 3 aromatic heterocycles. The van der Waals surface area contributed by atoms with Crippen molar-refractivity contribution in [1.82, 2.24) is 19.2 Å². The lowest BCUT2D eigenvalue weighted by molar-refractivity contribution is 0.0678. The number of hydrogen-bond acceptors (Lipinski definition) is 3. The molecule has 0 aromatic carbocycles. The van der Waals surface area contributed by atoms with Gasteiger partial charge in [0.25, 0.3) is 5.91 Å². The third-order valence-electron chi connectivity index (χ3n) is 4.30. The highest BCUT2D eigenvalue weighted by Gasteiger charge is 2.27. The van der Waals surface area contributed by atoms with E-state index in [1.807, 2.05) is 62.4 Å². The quantitative estimate of drug-likeness (QED) is 0.742. The molecule has 1 fully saturated rings. The smallest absolute Gasteiger partial charge is 0.266 e. The van der Waals surface area contributed by atoms with E-state index in [-0.39, 0.29) is 11.9 Å². The lowest BCUT2D eigenvalue weighted by Crippen LogP contribution is -2.40. The molecule has 5 nitrogen and oxygen atoms in total. The maximum atomic E-state index is 13.0. The summed E-state index contributed by atoms with van der Waals surface area (Å²) in [6.45, 7) is 1.54. The molecule has 0 N–H and O–H groups in total. The Morgan fingerprint density at radius 1 is 1.22 bits per heavy atom. The zero-order valence-electron chi connectivity index (χ0n) is 12.7. The van der Waals surface area contributed by atoms with Crippen molar-refractivity contribution in [1.29, 1.82) is 0 Å². The number of piperidine rings is 1. The summed E-state index contributed by atoms with van der Waals surface area (Å²) in [6.07, 6.45) is 9.81. The van der Waals surface area contributed by atoms with E-state index in [2.05, 4.69) is 5.10 Å². The maximum absolute atomic E-state index is 13.0. The van der Waals surface area contributed by atoms with Gasteiger partial charge >= 0.3 is 0 Å². The summed E-state index contributed by atoms with van der Waals surface area (Å²) in [5.41, 5.74) is 0.964. The van der Waals surface area contributed by atoms with Crippen LogP contribution in [0.5, 0.6) is 0 Å². The molecule has 0 spiro atoms. The Hall–Kier alpha value is -2.34. The predicted octanol–water partition coefficient (Wildman–Crippen LogP) is 3.21. The van der Waals surface area contributed by atoms with Gasteiger partial charge < -0.3 is 9.47 Å². The Labute approximate surface area is 138 Å². The average molecular weight is 326 g/mol. The average Bonchev–Trinajstić information content (AvgIpc) is 3.35. The molecule has 0 radical (unpaired) electrons. The Morgan fingerprint density at radius 3 is 2.87 bits per heavy atom. The van der Waals surface area contributed by atoms with Gasteiger partial charge in [0.1, 0.15) is 4.88 Å². The van der Waals surface area contributed by atoms with Crippen molar-refractivity contribution in [3.8, 4) is 5.69 Å². The van der Waals surface area contributed by atoms with Crippen LogP contribution in [0.1, 0.15) is 28.6 Å². The van der Waals surface area contributed by atoms with Crippen LogP contribution in [0.4, 0.5) is 0 Å². The summed E-state index contributed by atoms with van der Waals surface area (Å²) in [5, 5.41) is 6.32. The van der Waals surface area contributed by atoms with Crippen molar-refractivity contribution in [3.05, 3.63) is 59.3 Å². The van der Waals surface area contributed by atoms with Crippen LogP contribution < -0.4 is 0 Å². The fourth-order valence-electron chi connectivity index (χ4n) is 3.16. The Kier molecular flexibility index (Phi) is 3.75. The fourth-order valence-corrected chi connectivity index (χ4v) is 4.01. The minimum atomic E-state index is 0.126. The second-order valence-electron chi connectivity index (χ2n) is 5.76. The van der Waals surface area contributed by atoms with Crippen LogP contribution in [0.3, 0.4) is 0 Å². The van der Waals surface area contributed by atoms with Crippen LogP contribution in [0, 0.1) is 0 Å². The van der Waals surface area contributed by atoms with Crippen molar-refractivity contribution in [2.24, 2.45) is 0 Å². The molecule has 1 atom stereocenters. The largest absolute Gasteiger partial charge is 0.336 e. The normalized spacial score (nSPS) is 18.3. The molecule has 0 aliphatic carbocycles. The van der Waals surface area contributed by atoms with Crippen LogP contribution in [-0.2, 0) is 0 Å². The van der Waals surface area contributed by atoms with Gasteiger partial charge in [-0.05, 0) is 42.5 Å². The van der Waals surface area contributed by atoms with E-state index in [0.29, 0.717) is 0 Å². The van der Waals surface area contributed by atoms with Crippen molar-refractivity contribution < 1.29 is 4.79 Å². The molecule has 1 amide bonds. The molecule has 1 aliphatic rings. The number of aromatic nitrogens is 3. The summed E-state index contributed by atoms with van der Waals surface area (Å²) < 4.78 is 3.97. The Balaban J connectivity index is 1.56. The van der Waals surface area contributed by atoms with Gasteiger partial charge in [-0.1, -0.05) is 0 Å². The molecular weight excluding hydrogens is 308 g/mol. The molecule has 1 saturated heterocycles. The van der Waals surface area contributed by atoms with E-state index in [9.17, 15) is 4.79 Å². The first-order chi connectivity index (χ1) is 11.3. The Morgan fingerprint density at radius 2 is 2.09 bits per heavy atom. The number of thiophene rings is 1. The highest BCUT2D eigenvalue weighted by atomic mass is 32.1. The number of hydrogen-bond donors (Lipinski definition) is 0. The minimum Gasteiger partial charge on any atom is -0.336 e. The van der Waals surface area contributed by atoms with E-state index < -0.39 is 0 Å². The molecule has 4 heterocycles. The van der Waals surface area contributed by atoms with Gasteiger partial charge in [-0.3, -0.25) is 9.48 Å². The fraction of sp³-hybridized carbons (Fsp3) is 0.294. The molecule has 1 aliphatic heterocycles. The number of rotatable bonds is 3. The number of carbonyl (C=O) groups excluding carboxylic acids is 1. The number of carbonyl (C=O) groups is 1. The van der Waals surface area contributed by atoms with Gasteiger partial charge in [0.05, 0.1) is 11.7 Å². The zero-order valence-corrected chi connectivity index (χ0v) is 13.5. The van der Waals surface area contributed by atoms with E-state index in [4.69, 9.17) is 0 Å². The van der Waals surface area contributed by atoms with Crippen molar-refractivity contribution >= 4 is 17.2 Å². The third-order valence-corrected chi connectivity index (χ3v) is 5.20. The van der Waals surface area contributed by atoms with Gasteiger partial charge in [0, 0.05) is 37.9 Å². The zero-order chi connectivity index (χ0) is 15.6. The van der Waals surface area contributed by atoms with Crippen molar-refractivity contribution in [3.63, 3.8) is 0 Å². The molecule has 4 rings (SSSR count). The molecule has 3 aromatic rings. The Bertz CT molecular complexity index is 776. The second kappa shape index (κ2) is 6.04. The van der Waals surface area contributed by atoms with Gasteiger partial charge in [-0.15, -0.1) is 11.3 Å². The monoisotopic (exact) mass is 326 g/mol. The van der Waals surface area contributed by atoms with Crippen LogP contribution in [0.2, 0.25) is 0 Å². The van der Waals surface area contributed by atoms with Crippen LogP contribution in [-0.4, -0.2) is 38.2 Å². The summed E-state index contributed by atoms with van der Waals surface area (Å²) in [6, 6.07) is 8.16. The van der Waals surface area contributed by atoms with E-state index in [1.54, 1.807) is 6.20 Å². The molecule has 118 valence electrons. The van der Waals surface area contributed by atoms with Crippen LogP contribution in [0.15, 0.2) is 54.4 Å². The molecule has 6 heteroatoms. The topological polar surface area (TPSA) is 43.1 Å². The van der Waals surface area contributed by atoms with E-state index in [0.717, 1.165) is 36.5 Å². The third kappa shape index (κ3) is 2.70. The van der Waals surface area contributed by atoms with E-state index >= 15 is 0 Å². The lowest BCUT2D eigenvalue weighted by Gasteiger charge is -2.32. The molecular formula is C17H18N4OS. The van der Waals surface area contributed by atoms with E-state index in [1.165, 1.54) is 11.3 Å². The number of likely N-dealkylation sites (tertiary alicyclic amines) is 1. The van der Waals surface area contributed by atoms with Gasteiger partial charge in [0.15, 0.2) is 0 Å². The van der Waals surface area contributed by atoms with Crippen LogP contribution >= 0.6 is 11.3 Å². The summed E-state index contributed by atoms with van der Waals surface area (Å²) in [5.74, 6) is 0.126. The first-order valence-electron chi connectivity index (χ1n) is 7.82. The number of nitrogens with zero attached hydrogens (tertiary/aromatic N) is 4. The minimum absolute atomic E-state index is 0.126. The van der Waals surface area contributed by atoms with Crippen molar-refractivity contribution in [2.45, 2.75) is 18.9 Å². The van der Waals surface area contributed by atoms with Gasteiger partial charge in [-0.25, -0.2) is 0 Å². The second-order valence-corrected chi connectivity index (χ2v) is 6.67. The number of amides is 1. The van der Waals surface area contributed by atoms with Gasteiger partial charge in [-0.2, -0.15) is 5.10 Å². The molecule has 0 bridgehead atoms. The summed E-state index contributed by atoms with van der Waals surface area (Å²) in [4.78, 5) is 15.8. The predicted molar refractivity (Wildman–Crippen MR) is 90.0 cm³/mol. The summed E-state index contributed by atoms with van der Waals surface area (Å²) >= 11 is 1.51. The standard InChI is InChI=1S/C17H18N4OS/c22-17(16-15(6-12-23-16)19-8-1-2-9-19)20-10-3-5-14(13-20)21-11-4-7-18-21/h1-2,4,6-9,11-12,14H,3,5,10,13H2/t14-/m1/s1. The SMILES string of the molecule is O=C(c1sccc1-n1cccc1)N1CCC[C@@H](n2cccn2)C1. The first kappa shape index (κ1) is 14.3.